The molecule has 1 aliphatic rings. The Balaban J connectivity index is 1.43. The van der Waals surface area contributed by atoms with Crippen LogP contribution in [0.1, 0.15) is 24.0 Å². The zero-order valence-corrected chi connectivity index (χ0v) is 14.5. The molecule has 0 bridgehead atoms. The third-order valence-electron chi connectivity index (χ3n) is 4.76. The van der Waals surface area contributed by atoms with Gasteiger partial charge in [-0.3, -0.25) is 9.80 Å². The highest BCUT2D eigenvalue weighted by Gasteiger charge is 2.21. The molecular weight excluding hydrogens is 292 g/mol. The van der Waals surface area contributed by atoms with Gasteiger partial charge in [0, 0.05) is 18.2 Å². The van der Waals surface area contributed by atoms with Crippen LogP contribution in [0.4, 0.5) is 0 Å². The van der Waals surface area contributed by atoms with Crippen LogP contribution in [-0.4, -0.2) is 42.5 Å². The van der Waals surface area contributed by atoms with Crippen molar-refractivity contribution >= 4 is 0 Å². The van der Waals surface area contributed by atoms with Gasteiger partial charge >= 0.3 is 0 Å². The summed E-state index contributed by atoms with van der Waals surface area (Å²) in [5, 5.41) is 0. The first-order chi connectivity index (χ1) is 11.8. The van der Waals surface area contributed by atoms with Gasteiger partial charge in [0.25, 0.3) is 0 Å². The first-order valence-corrected chi connectivity index (χ1v) is 8.82. The Morgan fingerprint density at radius 1 is 0.958 bits per heavy atom. The summed E-state index contributed by atoms with van der Waals surface area (Å²) in [4.78, 5) is 4.98. The van der Waals surface area contributed by atoms with Crippen molar-refractivity contribution in [2.24, 2.45) is 0 Å². The maximum absolute atomic E-state index is 3.31. The van der Waals surface area contributed by atoms with Crippen molar-refractivity contribution in [3.63, 3.8) is 0 Å². The number of hydrogen-bond donors (Lipinski definition) is 0. The van der Waals surface area contributed by atoms with Crippen LogP contribution >= 0.6 is 0 Å². The lowest BCUT2D eigenvalue weighted by atomic mass is 10.0. The Morgan fingerprint density at radius 3 is 2.25 bits per heavy atom. The van der Waals surface area contributed by atoms with E-state index >= 15 is 0 Å². The van der Waals surface area contributed by atoms with Crippen LogP contribution in [0.5, 0.6) is 0 Å². The molecule has 1 aliphatic heterocycles. The summed E-state index contributed by atoms with van der Waals surface area (Å²) in [6.45, 7) is 4.27. The molecule has 0 unspecified atom stereocenters. The molecule has 0 saturated carbocycles. The SMILES string of the molecule is CN(CC#Cc1ccccc1)C1CCN(Cc2ccccc2)CC1. The Labute approximate surface area is 146 Å². The summed E-state index contributed by atoms with van der Waals surface area (Å²) < 4.78 is 0. The van der Waals surface area contributed by atoms with Gasteiger partial charge in [0.15, 0.2) is 0 Å². The molecular formula is C22H26N2. The molecule has 1 heterocycles. The number of rotatable bonds is 4. The Bertz CT molecular complexity index is 661. The van der Waals surface area contributed by atoms with Crippen LogP contribution in [-0.2, 0) is 6.54 Å². The topological polar surface area (TPSA) is 6.48 Å². The molecule has 0 aromatic heterocycles. The predicted molar refractivity (Wildman–Crippen MR) is 101 cm³/mol. The van der Waals surface area contributed by atoms with Crippen LogP contribution < -0.4 is 0 Å². The minimum absolute atomic E-state index is 0.655. The molecule has 3 rings (SSSR count). The lowest BCUT2D eigenvalue weighted by Crippen LogP contribution is -2.43. The van der Waals surface area contributed by atoms with Gasteiger partial charge in [-0.1, -0.05) is 60.4 Å². The van der Waals surface area contributed by atoms with Gasteiger partial charge in [-0.15, -0.1) is 0 Å². The maximum Gasteiger partial charge on any atom is 0.0605 e. The number of benzene rings is 2. The molecule has 1 fully saturated rings. The van der Waals surface area contributed by atoms with Crippen molar-refractivity contribution < 1.29 is 0 Å². The standard InChI is InChI=1S/C22H26N2/c1-23(16-8-13-20-9-4-2-5-10-20)22-14-17-24(18-15-22)19-21-11-6-3-7-12-21/h2-7,9-12,22H,14-19H2,1H3. The molecule has 0 aliphatic carbocycles. The highest BCUT2D eigenvalue weighted by Crippen LogP contribution is 2.17. The van der Waals surface area contributed by atoms with Crippen molar-refractivity contribution in [1.82, 2.24) is 9.80 Å². The lowest BCUT2D eigenvalue weighted by molar-refractivity contribution is 0.132. The molecule has 2 aromatic carbocycles. The van der Waals surface area contributed by atoms with E-state index in [4.69, 9.17) is 0 Å². The average Bonchev–Trinajstić information content (AvgIpc) is 2.64. The monoisotopic (exact) mass is 318 g/mol. The zero-order valence-electron chi connectivity index (χ0n) is 14.5. The second-order valence-corrected chi connectivity index (χ2v) is 6.58. The molecule has 0 radical (unpaired) electrons. The van der Waals surface area contributed by atoms with Crippen molar-refractivity contribution in [2.45, 2.75) is 25.4 Å². The second-order valence-electron chi connectivity index (χ2n) is 6.58. The van der Waals surface area contributed by atoms with Crippen LogP contribution in [0.3, 0.4) is 0 Å². The Kier molecular flexibility index (Phi) is 6.07. The average molecular weight is 318 g/mol. The van der Waals surface area contributed by atoms with Crippen molar-refractivity contribution in [1.29, 1.82) is 0 Å². The summed E-state index contributed by atoms with van der Waals surface area (Å²) >= 11 is 0. The van der Waals surface area contributed by atoms with Crippen LogP contribution in [0, 0.1) is 11.8 Å². The largest absolute Gasteiger partial charge is 0.299 e. The highest BCUT2D eigenvalue weighted by molar-refractivity contribution is 5.33. The number of nitrogens with zero attached hydrogens (tertiary/aromatic N) is 2. The van der Waals surface area contributed by atoms with E-state index in [0.717, 1.165) is 18.7 Å². The molecule has 2 aromatic rings. The quantitative estimate of drug-likeness (QED) is 0.794. The van der Waals surface area contributed by atoms with Gasteiger partial charge in [-0.25, -0.2) is 0 Å². The molecule has 0 spiro atoms. The molecule has 2 heteroatoms. The molecule has 0 amide bonds. The molecule has 0 N–H and O–H groups in total. The smallest absolute Gasteiger partial charge is 0.0605 e. The Morgan fingerprint density at radius 2 is 1.58 bits per heavy atom. The highest BCUT2D eigenvalue weighted by atomic mass is 15.2. The van der Waals surface area contributed by atoms with E-state index in [1.54, 1.807) is 0 Å². The fraction of sp³-hybridized carbons (Fsp3) is 0.364. The van der Waals surface area contributed by atoms with Gasteiger partial charge in [0.2, 0.25) is 0 Å². The van der Waals surface area contributed by atoms with Crippen LogP contribution in [0.25, 0.3) is 0 Å². The first kappa shape index (κ1) is 16.8. The second kappa shape index (κ2) is 8.68. The fourth-order valence-corrected chi connectivity index (χ4v) is 3.28. The third-order valence-corrected chi connectivity index (χ3v) is 4.76. The van der Waals surface area contributed by atoms with Crippen molar-refractivity contribution in [3.05, 3.63) is 71.8 Å². The van der Waals surface area contributed by atoms with Gasteiger partial charge in [0.05, 0.1) is 6.54 Å². The fourth-order valence-electron chi connectivity index (χ4n) is 3.28. The molecule has 124 valence electrons. The van der Waals surface area contributed by atoms with Crippen molar-refractivity contribution in [2.75, 3.05) is 26.7 Å². The lowest BCUT2D eigenvalue weighted by Gasteiger charge is -2.36. The Hall–Kier alpha value is -2.08. The molecule has 0 atom stereocenters. The van der Waals surface area contributed by atoms with E-state index in [1.165, 1.54) is 31.5 Å². The van der Waals surface area contributed by atoms with Gasteiger partial charge < -0.3 is 0 Å². The number of piperidine rings is 1. The van der Waals surface area contributed by atoms with E-state index in [2.05, 4.69) is 71.2 Å². The van der Waals surface area contributed by atoms with Crippen LogP contribution in [0.15, 0.2) is 60.7 Å². The number of hydrogen-bond acceptors (Lipinski definition) is 2. The summed E-state index contributed by atoms with van der Waals surface area (Å²) in [7, 11) is 2.21. The summed E-state index contributed by atoms with van der Waals surface area (Å²) in [6, 6.07) is 21.7. The van der Waals surface area contributed by atoms with E-state index in [-0.39, 0.29) is 0 Å². The summed E-state index contributed by atoms with van der Waals surface area (Å²) in [5.74, 6) is 6.57. The van der Waals surface area contributed by atoms with Gasteiger partial charge in [-0.2, -0.15) is 0 Å². The predicted octanol–water partition coefficient (Wildman–Crippen LogP) is 3.63. The van der Waals surface area contributed by atoms with Gasteiger partial charge in [0.1, 0.15) is 0 Å². The minimum Gasteiger partial charge on any atom is -0.299 e. The summed E-state index contributed by atoms with van der Waals surface area (Å²) in [6.07, 6.45) is 2.46. The van der Waals surface area contributed by atoms with Gasteiger partial charge in [-0.05, 0) is 50.7 Å². The number of likely N-dealkylation sites (tertiary alicyclic amines) is 1. The first-order valence-electron chi connectivity index (χ1n) is 8.82. The normalized spacial score (nSPS) is 15.9. The van der Waals surface area contributed by atoms with Crippen molar-refractivity contribution in [3.8, 4) is 11.8 Å². The molecule has 24 heavy (non-hydrogen) atoms. The maximum atomic E-state index is 3.31. The van der Waals surface area contributed by atoms with Crippen LogP contribution in [0.2, 0.25) is 0 Å². The van der Waals surface area contributed by atoms with E-state index in [0.29, 0.717) is 6.04 Å². The third kappa shape index (κ3) is 4.96. The van der Waals surface area contributed by atoms with E-state index in [1.807, 2.05) is 18.2 Å². The summed E-state index contributed by atoms with van der Waals surface area (Å²) in [5.41, 5.74) is 2.52. The van der Waals surface area contributed by atoms with E-state index in [9.17, 15) is 0 Å². The minimum atomic E-state index is 0.655. The molecule has 2 nitrogen and oxygen atoms in total. The zero-order chi connectivity index (χ0) is 16.6. The van der Waals surface area contributed by atoms with E-state index < -0.39 is 0 Å². The molecule has 1 saturated heterocycles.